The maximum Gasteiger partial charge on any atom is 0.162 e. The standard InChI is InChI=1S/C24H21N5O/c1-24(2)10-18-21(19(30)11-24)20(14-6-5-9-27-13-14)16(12-25)23-28-22(26)15-7-3-4-8-17(15)29(18)23/h3-9,13,20H,10-11H2,1-2H3,(H2,26,28)/t20-/m1/s1. The van der Waals surface area contributed by atoms with Crippen LogP contribution in [0.2, 0.25) is 0 Å². The van der Waals surface area contributed by atoms with Crippen molar-refractivity contribution in [3.05, 3.63) is 82.6 Å². The lowest BCUT2D eigenvalue weighted by atomic mass is 9.68. The third kappa shape index (κ3) is 2.59. The van der Waals surface area contributed by atoms with Crippen molar-refractivity contribution in [3.8, 4) is 6.07 Å². The minimum Gasteiger partial charge on any atom is -0.383 e. The average molecular weight is 395 g/mol. The van der Waals surface area contributed by atoms with Crippen LogP contribution in [-0.4, -0.2) is 16.6 Å². The molecule has 2 aliphatic heterocycles. The third-order valence-electron chi connectivity index (χ3n) is 5.98. The van der Waals surface area contributed by atoms with Crippen LogP contribution >= 0.6 is 0 Å². The fraction of sp³-hybridized carbons (Fsp3) is 0.250. The Bertz CT molecular complexity index is 1210. The normalized spacial score (nSPS) is 22.0. The highest BCUT2D eigenvalue weighted by molar-refractivity contribution is 6.08. The number of rotatable bonds is 1. The summed E-state index contributed by atoms with van der Waals surface area (Å²) in [5, 5.41) is 10.2. The van der Waals surface area contributed by atoms with Gasteiger partial charge in [-0.2, -0.15) is 5.26 Å². The molecule has 148 valence electrons. The Hall–Kier alpha value is -3.72. The molecule has 1 aromatic heterocycles. The van der Waals surface area contributed by atoms with Gasteiger partial charge in [-0.1, -0.05) is 32.0 Å². The van der Waals surface area contributed by atoms with Crippen LogP contribution in [0.4, 0.5) is 5.69 Å². The molecular formula is C24H21N5O. The van der Waals surface area contributed by atoms with E-state index in [0.29, 0.717) is 35.6 Å². The number of nitrogens with zero attached hydrogens (tertiary/aromatic N) is 4. The Balaban J connectivity index is 1.86. The Labute approximate surface area is 175 Å². The van der Waals surface area contributed by atoms with Crippen LogP contribution in [0, 0.1) is 16.7 Å². The molecule has 2 N–H and O–H groups in total. The summed E-state index contributed by atoms with van der Waals surface area (Å²) in [6, 6.07) is 13.8. The quantitative estimate of drug-likeness (QED) is 0.793. The Morgan fingerprint density at radius 1 is 1.20 bits per heavy atom. The van der Waals surface area contributed by atoms with Gasteiger partial charge in [-0.15, -0.1) is 0 Å². The summed E-state index contributed by atoms with van der Waals surface area (Å²) in [5.41, 5.74) is 10.6. The highest BCUT2D eigenvalue weighted by Gasteiger charge is 2.46. The number of allylic oxidation sites excluding steroid dienone is 3. The molecule has 0 saturated carbocycles. The zero-order valence-corrected chi connectivity index (χ0v) is 16.9. The molecule has 5 rings (SSSR count). The first-order valence-corrected chi connectivity index (χ1v) is 9.95. The summed E-state index contributed by atoms with van der Waals surface area (Å²) in [7, 11) is 0. The SMILES string of the molecule is CC1(C)CC(=O)C2=C(C1)N1C(=C(C#N)[C@H]2c2cccnc2)N=C(N)c2ccccc21. The van der Waals surface area contributed by atoms with E-state index in [2.05, 4.69) is 29.9 Å². The number of Topliss-reactive ketones (excluding diaryl/α,β-unsaturated/α-hetero) is 1. The van der Waals surface area contributed by atoms with Gasteiger partial charge < -0.3 is 5.73 Å². The largest absolute Gasteiger partial charge is 0.383 e. The number of benzene rings is 1. The van der Waals surface area contributed by atoms with Crippen LogP contribution in [0.25, 0.3) is 0 Å². The summed E-state index contributed by atoms with van der Waals surface area (Å²) in [5.74, 6) is 0.462. The molecular weight excluding hydrogens is 374 g/mol. The monoisotopic (exact) mass is 395 g/mol. The molecule has 2 aromatic rings. The maximum absolute atomic E-state index is 13.4. The van der Waals surface area contributed by atoms with Gasteiger partial charge in [-0.25, -0.2) is 4.99 Å². The number of carbonyl (C=O) groups is 1. The summed E-state index contributed by atoms with van der Waals surface area (Å²) in [4.78, 5) is 24.3. The van der Waals surface area contributed by atoms with Gasteiger partial charge in [-0.3, -0.25) is 14.7 Å². The van der Waals surface area contributed by atoms with Gasteiger partial charge in [0.15, 0.2) is 11.6 Å². The van der Waals surface area contributed by atoms with Gasteiger partial charge in [0.1, 0.15) is 5.84 Å². The number of nitriles is 1. The topological polar surface area (TPSA) is 95.4 Å². The first-order chi connectivity index (χ1) is 14.4. The number of carbonyl (C=O) groups excluding carboxylic acids is 1. The van der Waals surface area contributed by atoms with Gasteiger partial charge in [0.05, 0.1) is 23.2 Å². The maximum atomic E-state index is 13.4. The van der Waals surface area contributed by atoms with Crippen LogP contribution in [0.15, 0.2) is 76.4 Å². The van der Waals surface area contributed by atoms with E-state index < -0.39 is 5.92 Å². The van der Waals surface area contributed by atoms with Crippen LogP contribution in [0.3, 0.4) is 0 Å². The first kappa shape index (κ1) is 18.3. The van der Waals surface area contributed by atoms with E-state index in [4.69, 9.17) is 5.73 Å². The number of hydrogen-bond acceptors (Lipinski definition) is 6. The fourth-order valence-electron chi connectivity index (χ4n) is 4.77. The second-order valence-corrected chi connectivity index (χ2v) is 8.72. The molecule has 0 unspecified atom stereocenters. The Morgan fingerprint density at radius 3 is 2.73 bits per heavy atom. The van der Waals surface area contributed by atoms with Crippen molar-refractivity contribution < 1.29 is 4.79 Å². The van der Waals surface area contributed by atoms with Crippen LogP contribution in [0.5, 0.6) is 0 Å². The van der Waals surface area contributed by atoms with Crippen molar-refractivity contribution in [3.63, 3.8) is 0 Å². The molecule has 1 atom stereocenters. The molecule has 6 heteroatoms. The van der Waals surface area contributed by atoms with E-state index in [1.807, 2.05) is 41.3 Å². The van der Waals surface area contributed by atoms with E-state index in [0.717, 1.165) is 22.5 Å². The second-order valence-electron chi connectivity index (χ2n) is 8.72. The lowest BCUT2D eigenvalue weighted by molar-refractivity contribution is -0.118. The lowest BCUT2D eigenvalue weighted by Crippen LogP contribution is -2.42. The van der Waals surface area contributed by atoms with Gasteiger partial charge in [0.25, 0.3) is 0 Å². The number of hydrogen-bond donors (Lipinski definition) is 1. The molecule has 6 nitrogen and oxygen atoms in total. The third-order valence-corrected chi connectivity index (χ3v) is 5.98. The number of nitrogens with two attached hydrogens (primary N) is 1. The number of aliphatic imine (C=N–C) groups is 1. The van der Waals surface area contributed by atoms with Crippen molar-refractivity contribution in [2.75, 3.05) is 4.90 Å². The summed E-state index contributed by atoms with van der Waals surface area (Å²) >= 11 is 0. The fourth-order valence-corrected chi connectivity index (χ4v) is 4.77. The van der Waals surface area contributed by atoms with Gasteiger partial charge in [0, 0.05) is 35.6 Å². The predicted molar refractivity (Wildman–Crippen MR) is 114 cm³/mol. The summed E-state index contributed by atoms with van der Waals surface area (Å²) < 4.78 is 0. The molecule has 0 radical (unpaired) electrons. The van der Waals surface area contributed by atoms with E-state index in [-0.39, 0.29) is 11.2 Å². The summed E-state index contributed by atoms with van der Waals surface area (Å²) in [6.07, 6.45) is 4.56. The zero-order chi connectivity index (χ0) is 21.0. The smallest absolute Gasteiger partial charge is 0.162 e. The van der Waals surface area contributed by atoms with Gasteiger partial charge in [-0.05, 0) is 35.6 Å². The average Bonchev–Trinajstić information content (AvgIpc) is 2.72. The number of pyridine rings is 1. The number of ketones is 1. The molecule has 0 spiro atoms. The lowest BCUT2D eigenvalue weighted by Gasteiger charge is -2.45. The number of anilines is 1. The van der Waals surface area contributed by atoms with Gasteiger partial charge in [0.2, 0.25) is 0 Å². The molecule has 0 fully saturated rings. The molecule has 0 bridgehead atoms. The molecule has 3 heterocycles. The molecule has 0 saturated heterocycles. The summed E-state index contributed by atoms with van der Waals surface area (Å²) in [6.45, 7) is 4.20. The Kier molecular flexibility index (Phi) is 3.90. The number of fused-ring (bicyclic) bond motifs is 4. The van der Waals surface area contributed by atoms with Crippen LogP contribution < -0.4 is 10.6 Å². The minimum absolute atomic E-state index is 0.0712. The molecule has 1 aliphatic carbocycles. The number of amidine groups is 1. The second kappa shape index (κ2) is 6.39. The minimum atomic E-state index is -0.490. The molecule has 0 amide bonds. The van der Waals surface area contributed by atoms with Crippen molar-refractivity contribution in [2.24, 2.45) is 16.1 Å². The first-order valence-electron chi connectivity index (χ1n) is 9.95. The van der Waals surface area contributed by atoms with E-state index in [1.54, 1.807) is 12.4 Å². The van der Waals surface area contributed by atoms with Crippen molar-refractivity contribution in [1.29, 1.82) is 5.26 Å². The number of aromatic nitrogens is 1. The van der Waals surface area contributed by atoms with E-state index in [9.17, 15) is 10.1 Å². The number of para-hydroxylation sites is 1. The molecule has 3 aliphatic rings. The van der Waals surface area contributed by atoms with Crippen LogP contribution in [0.1, 0.15) is 43.7 Å². The predicted octanol–water partition coefficient (Wildman–Crippen LogP) is 3.78. The Morgan fingerprint density at radius 2 is 2.00 bits per heavy atom. The van der Waals surface area contributed by atoms with Crippen molar-refractivity contribution in [2.45, 2.75) is 32.6 Å². The van der Waals surface area contributed by atoms with Crippen LogP contribution in [-0.2, 0) is 4.79 Å². The van der Waals surface area contributed by atoms with Gasteiger partial charge >= 0.3 is 0 Å². The van der Waals surface area contributed by atoms with E-state index >= 15 is 0 Å². The highest BCUT2D eigenvalue weighted by Crippen LogP contribution is 2.52. The molecule has 1 aromatic carbocycles. The van der Waals surface area contributed by atoms with E-state index in [1.165, 1.54) is 0 Å². The molecule has 30 heavy (non-hydrogen) atoms. The highest BCUT2D eigenvalue weighted by atomic mass is 16.1. The zero-order valence-electron chi connectivity index (χ0n) is 16.9. The van der Waals surface area contributed by atoms with Crippen molar-refractivity contribution >= 4 is 17.3 Å². The van der Waals surface area contributed by atoms with Crippen molar-refractivity contribution in [1.82, 2.24) is 4.98 Å².